The summed E-state index contributed by atoms with van der Waals surface area (Å²) in [5.41, 5.74) is 1.25. The number of nitrogens with zero attached hydrogens (tertiary/aromatic N) is 3. The number of anilines is 1. The van der Waals surface area contributed by atoms with Gasteiger partial charge in [0, 0.05) is 44.3 Å². The van der Waals surface area contributed by atoms with Gasteiger partial charge in [0.2, 0.25) is 0 Å². The minimum atomic E-state index is 0. The quantitative estimate of drug-likeness (QED) is 0.749. The number of rotatable bonds is 3. The highest BCUT2D eigenvalue weighted by Crippen LogP contribution is 2.31. The van der Waals surface area contributed by atoms with E-state index in [4.69, 9.17) is 9.47 Å². The Labute approximate surface area is 168 Å². The number of thiazole rings is 1. The lowest BCUT2D eigenvalue weighted by molar-refractivity contribution is 0.249. The minimum absolute atomic E-state index is 0. The number of fused-ring (bicyclic) bond motifs is 1. The molecule has 1 fully saturated rings. The molecular formula is C16H23Cl2N3O4S. The van der Waals surface area contributed by atoms with E-state index < -0.39 is 0 Å². The van der Waals surface area contributed by atoms with Crippen molar-refractivity contribution in [2.24, 2.45) is 0 Å². The molecule has 10 heteroatoms. The predicted octanol–water partition coefficient (Wildman–Crippen LogP) is 1.90. The summed E-state index contributed by atoms with van der Waals surface area (Å²) in [5, 5.41) is 3.16. The second-order valence-corrected chi connectivity index (χ2v) is 6.24. The molecule has 26 heavy (non-hydrogen) atoms. The Morgan fingerprint density at radius 1 is 0.962 bits per heavy atom. The molecule has 0 saturated carbocycles. The van der Waals surface area contributed by atoms with Gasteiger partial charge in [0.05, 0.1) is 0 Å². The molecule has 0 unspecified atom stereocenters. The van der Waals surface area contributed by atoms with Crippen molar-refractivity contribution in [1.29, 1.82) is 0 Å². The summed E-state index contributed by atoms with van der Waals surface area (Å²) < 4.78 is 10.9. The van der Waals surface area contributed by atoms with E-state index in [-0.39, 0.29) is 35.8 Å². The molecule has 2 aliphatic rings. The Morgan fingerprint density at radius 2 is 1.65 bits per heavy atom. The van der Waals surface area contributed by atoms with Gasteiger partial charge in [-0.2, -0.15) is 0 Å². The van der Waals surface area contributed by atoms with Gasteiger partial charge in [0.1, 0.15) is 12.5 Å². The number of hydrogen-bond acceptors (Lipinski definition) is 6. The van der Waals surface area contributed by atoms with E-state index in [2.05, 4.69) is 26.9 Å². The Hall–Kier alpha value is -1.55. The Kier molecular flexibility index (Phi) is 10.6. The number of hydrogen-bond donors (Lipinski definition) is 0. The highest BCUT2D eigenvalue weighted by atomic mass is 35.5. The van der Waals surface area contributed by atoms with Crippen molar-refractivity contribution < 1.29 is 20.4 Å². The minimum Gasteiger partial charge on any atom is -0.458 e. The number of piperazine rings is 1. The van der Waals surface area contributed by atoms with Gasteiger partial charge in [-0.15, -0.1) is 36.2 Å². The van der Waals surface area contributed by atoms with E-state index in [1.807, 2.05) is 17.6 Å². The summed E-state index contributed by atoms with van der Waals surface area (Å²) in [7, 11) is 0. The number of benzene rings is 1. The fourth-order valence-electron chi connectivity index (χ4n) is 2.77. The number of ether oxygens (including phenoxy) is 2. The van der Waals surface area contributed by atoms with Gasteiger partial charge in [0.15, 0.2) is 16.6 Å². The fraction of sp³-hybridized carbons (Fsp3) is 0.312. The van der Waals surface area contributed by atoms with E-state index in [0.29, 0.717) is 0 Å². The first-order chi connectivity index (χ1) is 10.9. The topological polar surface area (TPSA) is 101 Å². The lowest BCUT2D eigenvalue weighted by Crippen LogP contribution is -2.45. The first-order valence-corrected chi connectivity index (χ1v) is 8.24. The SMILES string of the molecule is C1=COc2cc(CN3CCN(c4nccs4)CC3)ccc2O1.Cl.Cl.O.O. The van der Waals surface area contributed by atoms with Crippen LogP contribution in [0.4, 0.5) is 5.13 Å². The van der Waals surface area contributed by atoms with Crippen molar-refractivity contribution in [1.82, 2.24) is 9.88 Å². The molecule has 0 bridgehead atoms. The van der Waals surface area contributed by atoms with Crippen LogP contribution in [-0.2, 0) is 6.54 Å². The first kappa shape index (κ1) is 24.5. The monoisotopic (exact) mass is 423 g/mol. The molecule has 2 aliphatic heterocycles. The molecule has 0 radical (unpaired) electrons. The highest BCUT2D eigenvalue weighted by molar-refractivity contribution is 7.13. The molecule has 2 aromatic rings. The average molecular weight is 424 g/mol. The van der Waals surface area contributed by atoms with E-state index in [1.54, 1.807) is 23.9 Å². The Balaban J connectivity index is 0.00000156. The average Bonchev–Trinajstić information content (AvgIpc) is 3.10. The summed E-state index contributed by atoms with van der Waals surface area (Å²) in [4.78, 5) is 9.21. The zero-order valence-corrected chi connectivity index (χ0v) is 16.4. The van der Waals surface area contributed by atoms with Crippen LogP contribution in [0.3, 0.4) is 0 Å². The first-order valence-electron chi connectivity index (χ1n) is 7.36. The molecule has 1 saturated heterocycles. The highest BCUT2D eigenvalue weighted by Gasteiger charge is 2.19. The van der Waals surface area contributed by atoms with E-state index >= 15 is 0 Å². The summed E-state index contributed by atoms with van der Waals surface area (Å²) in [5.74, 6) is 1.57. The third-order valence-corrected chi connectivity index (χ3v) is 4.75. The zero-order valence-electron chi connectivity index (χ0n) is 14.0. The molecule has 146 valence electrons. The van der Waals surface area contributed by atoms with Crippen molar-refractivity contribution >= 4 is 41.3 Å². The Morgan fingerprint density at radius 3 is 2.31 bits per heavy atom. The maximum absolute atomic E-state index is 5.48. The van der Waals surface area contributed by atoms with Gasteiger partial charge in [0.25, 0.3) is 0 Å². The molecule has 4 N–H and O–H groups in total. The summed E-state index contributed by atoms with van der Waals surface area (Å²) >= 11 is 1.71. The molecule has 0 spiro atoms. The van der Waals surface area contributed by atoms with Crippen LogP contribution in [0.1, 0.15) is 5.56 Å². The van der Waals surface area contributed by atoms with E-state index in [0.717, 1.165) is 49.4 Å². The van der Waals surface area contributed by atoms with Crippen LogP contribution >= 0.6 is 36.2 Å². The lowest BCUT2D eigenvalue weighted by atomic mass is 10.1. The molecule has 0 aliphatic carbocycles. The molecule has 1 aromatic heterocycles. The van der Waals surface area contributed by atoms with Crippen LogP contribution in [0.5, 0.6) is 11.5 Å². The van der Waals surface area contributed by atoms with Crippen molar-refractivity contribution in [3.63, 3.8) is 0 Å². The summed E-state index contributed by atoms with van der Waals surface area (Å²) in [6.45, 7) is 5.09. The Bertz CT molecular complexity index is 680. The van der Waals surface area contributed by atoms with Gasteiger partial charge in [-0.25, -0.2) is 4.98 Å². The zero-order chi connectivity index (χ0) is 14.8. The van der Waals surface area contributed by atoms with Gasteiger partial charge in [-0.1, -0.05) is 6.07 Å². The largest absolute Gasteiger partial charge is 0.458 e. The van der Waals surface area contributed by atoms with E-state index in [1.165, 1.54) is 5.56 Å². The smallest absolute Gasteiger partial charge is 0.185 e. The molecule has 3 heterocycles. The molecule has 0 amide bonds. The number of halogens is 2. The van der Waals surface area contributed by atoms with Crippen LogP contribution < -0.4 is 14.4 Å². The summed E-state index contributed by atoms with van der Waals surface area (Å²) in [6, 6.07) is 6.14. The maximum atomic E-state index is 5.48. The van der Waals surface area contributed by atoms with Crippen LogP contribution in [0, 0.1) is 0 Å². The third-order valence-electron chi connectivity index (χ3n) is 3.92. The fourth-order valence-corrected chi connectivity index (χ4v) is 3.47. The number of aromatic nitrogens is 1. The van der Waals surface area contributed by atoms with Crippen molar-refractivity contribution in [3.05, 3.63) is 47.9 Å². The molecule has 0 atom stereocenters. The molecule has 7 nitrogen and oxygen atoms in total. The third kappa shape index (κ3) is 5.47. The van der Waals surface area contributed by atoms with Crippen molar-refractivity contribution in [2.45, 2.75) is 6.54 Å². The van der Waals surface area contributed by atoms with Gasteiger partial charge < -0.3 is 25.3 Å². The van der Waals surface area contributed by atoms with E-state index in [9.17, 15) is 0 Å². The van der Waals surface area contributed by atoms with Crippen molar-refractivity contribution in [2.75, 3.05) is 31.1 Å². The molecular weight excluding hydrogens is 401 g/mol. The van der Waals surface area contributed by atoms with Crippen LogP contribution in [0.15, 0.2) is 42.3 Å². The second kappa shape index (κ2) is 11.2. The van der Waals surface area contributed by atoms with Gasteiger partial charge >= 0.3 is 0 Å². The maximum Gasteiger partial charge on any atom is 0.185 e. The predicted molar refractivity (Wildman–Crippen MR) is 108 cm³/mol. The van der Waals surface area contributed by atoms with Crippen molar-refractivity contribution in [3.8, 4) is 11.5 Å². The summed E-state index contributed by atoms with van der Waals surface area (Å²) in [6.07, 6.45) is 4.99. The van der Waals surface area contributed by atoms with Crippen LogP contribution in [0.2, 0.25) is 0 Å². The van der Waals surface area contributed by atoms with Gasteiger partial charge in [-0.05, 0) is 17.7 Å². The lowest BCUT2D eigenvalue weighted by Gasteiger charge is -2.34. The molecule has 1 aromatic carbocycles. The normalized spacial score (nSPS) is 15.0. The second-order valence-electron chi connectivity index (χ2n) is 5.37. The molecule has 4 rings (SSSR count). The van der Waals surface area contributed by atoms with Crippen LogP contribution in [0.25, 0.3) is 0 Å². The van der Waals surface area contributed by atoms with Gasteiger partial charge in [-0.3, -0.25) is 4.90 Å². The van der Waals surface area contributed by atoms with Crippen LogP contribution in [-0.4, -0.2) is 47.0 Å². The standard InChI is InChI=1S/C16H17N3O2S.2ClH.2H2O/c1-2-14-15(21-9-8-20-14)11-13(1)12-18-4-6-19(7-5-18)16-17-3-10-22-16;;;;/h1-3,8-11H,4-7,12H2;2*1H;2*1H2.